The molecular weight excluding hydrogens is 196 g/mol. The van der Waals surface area contributed by atoms with Crippen LogP contribution >= 0.6 is 0 Å². The summed E-state index contributed by atoms with van der Waals surface area (Å²) in [7, 11) is 0. The molecule has 2 bridgehead atoms. The summed E-state index contributed by atoms with van der Waals surface area (Å²) in [6.45, 7) is 8.89. The summed E-state index contributed by atoms with van der Waals surface area (Å²) in [4.78, 5) is 0. The van der Waals surface area contributed by atoms with Gasteiger partial charge < -0.3 is 4.42 Å². The van der Waals surface area contributed by atoms with E-state index >= 15 is 0 Å². The van der Waals surface area contributed by atoms with E-state index < -0.39 is 0 Å². The fourth-order valence-corrected chi connectivity index (χ4v) is 3.39. The highest BCUT2D eigenvalue weighted by atomic mass is 16.3. The van der Waals surface area contributed by atoms with Crippen LogP contribution in [-0.2, 0) is 6.42 Å². The van der Waals surface area contributed by atoms with Crippen molar-refractivity contribution in [3.63, 3.8) is 0 Å². The van der Waals surface area contributed by atoms with E-state index in [4.69, 9.17) is 4.42 Å². The van der Waals surface area contributed by atoms with Crippen LogP contribution in [0.25, 0.3) is 0 Å². The number of fused-ring (bicyclic) bond motifs is 4. The lowest BCUT2D eigenvalue weighted by molar-refractivity contribution is 0.196. The zero-order chi connectivity index (χ0) is 11.3. The molecule has 2 atom stereocenters. The first-order valence-corrected chi connectivity index (χ1v) is 6.04. The van der Waals surface area contributed by atoms with E-state index in [1.165, 1.54) is 23.3 Å². The first-order chi connectivity index (χ1) is 7.60. The van der Waals surface area contributed by atoms with Crippen LogP contribution in [0.4, 0.5) is 0 Å². The Morgan fingerprint density at radius 2 is 2.25 bits per heavy atom. The van der Waals surface area contributed by atoms with Crippen LogP contribution in [0, 0.1) is 11.3 Å². The van der Waals surface area contributed by atoms with Crippen molar-refractivity contribution in [2.75, 3.05) is 0 Å². The molecule has 16 heavy (non-hydrogen) atoms. The molecule has 2 aliphatic rings. The van der Waals surface area contributed by atoms with Gasteiger partial charge in [0.05, 0.1) is 6.26 Å². The maximum absolute atomic E-state index is 5.71. The van der Waals surface area contributed by atoms with Gasteiger partial charge in [0.2, 0.25) is 0 Å². The Morgan fingerprint density at radius 3 is 3.06 bits per heavy atom. The van der Waals surface area contributed by atoms with E-state index in [0.29, 0.717) is 11.8 Å². The number of hydrogen-bond donors (Lipinski definition) is 0. The maximum Gasteiger partial charge on any atom is 0.114 e. The number of furan rings is 1. The highest BCUT2D eigenvalue weighted by molar-refractivity contribution is 5.38. The standard InChI is InChI=1S/C15H18O/c1-10-4-6-13-14-11(8-9-16-14)5-7-12(10)15(13,2)3/h4,6,8-9,12-13H,1,5,7H2,2-3H3/t12-,13-/m0/s1. The van der Waals surface area contributed by atoms with Crippen LogP contribution in [0.2, 0.25) is 0 Å². The molecule has 1 heterocycles. The van der Waals surface area contributed by atoms with Crippen LogP contribution in [0.15, 0.2) is 41.1 Å². The molecule has 0 aromatic carbocycles. The van der Waals surface area contributed by atoms with Gasteiger partial charge in [0.15, 0.2) is 0 Å². The van der Waals surface area contributed by atoms with Gasteiger partial charge in [-0.05, 0) is 35.8 Å². The average molecular weight is 214 g/mol. The zero-order valence-corrected chi connectivity index (χ0v) is 9.99. The Bertz CT molecular complexity index is 462. The summed E-state index contributed by atoms with van der Waals surface area (Å²) in [5.74, 6) is 2.18. The van der Waals surface area contributed by atoms with Crippen LogP contribution in [0.3, 0.4) is 0 Å². The molecular formula is C15H18O. The quantitative estimate of drug-likeness (QED) is 0.634. The third kappa shape index (κ3) is 1.17. The Balaban J connectivity index is 2.19. The topological polar surface area (TPSA) is 13.1 Å². The lowest BCUT2D eigenvalue weighted by Gasteiger charge is -2.41. The predicted octanol–water partition coefficient (Wildman–Crippen LogP) is 4.08. The Hall–Kier alpha value is -1.24. The van der Waals surface area contributed by atoms with Gasteiger partial charge >= 0.3 is 0 Å². The van der Waals surface area contributed by atoms with Gasteiger partial charge in [0, 0.05) is 5.92 Å². The Kier molecular flexibility index (Phi) is 1.95. The molecule has 0 spiro atoms. The van der Waals surface area contributed by atoms with Crippen molar-refractivity contribution in [3.05, 3.63) is 48.0 Å². The minimum absolute atomic E-state index is 0.231. The van der Waals surface area contributed by atoms with E-state index in [2.05, 4.69) is 38.6 Å². The Morgan fingerprint density at radius 1 is 1.44 bits per heavy atom. The normalized spacial score (nSPS) is 31.0. The largest absolute Gasteiger partial charge is 0.468 e. The third-order valence-electron chi connectivity index (χ3n) is 4.42. The van der Waals surface area contributed by atoms with Gasteiger partial charge in [0.25, 0.3) is 0 Å². The zero-order valence-electron chi connectivity index (χ0n) is 9.99. The molecule has 0 unspecified atom stereocenters. The van der Waals surface area contributed by atoms with Crippen molar-refractivity contribution in [2.24, 2.45) is 11.3 Å². The summed E-state index contributed by atoms with van der Waals surface area (Å²) in [5, 5.41) is 0. The molecule has 1 nitrogen and oxygen atoms in total. The number of hydrogen-bond acceptors (Lipinski definition) is 1. The second-order valence-electron chi connectivity index (χ2n) is 5.63. The highest BCUT2D eigenvalue weighted by Gasteiger charge is 2.44. The van der Waals surface area contributed by atoms with E-state index in [-0.39, 0.29) is 5.41 Å². The van der Waals surface area contributed by atoms with Crippen LogP contribution in [0.1, 0.15) is 37.5 Å². The molecule has 0 saturated heterocycles. The smallest absolute Gasteiger partial charge is 0.114 e. The fraction of sp³-hybridized carbons (Fsp3) is 0.467. The summed E-state index contributed by atoms with van der Waals surface area (Å²) in [6, 6.07) is 2.13. The second-order valence-corrected chi connectivity index (χ2v) is 5.63. The lowest BCUT2D eigenvalue weighted by Crippen LogP contribution is -2.32. The van der Waals surface area contributed by atoms with E-state index in [1.807, 2.05) is 6.26 Å². The molecule has 0 radical (unpaired) electrons. The minimum Gasteiger partial charge on any atom is -0.468 e. The molecule has 1 heteroatoms. The average Bonchev–Trinajstić information content (AvgIpc) is 2.62. The van der Waals surface area contributed by atoms with Crippen molar-refractivity contribution in [1.29, 1.82) is 0 Å². The SMILES string of the molecule is C=C1C=C[C@H]2c3occc3CC[C@@H]1C2(C)C. The van der Waals surface area contributed by atoms with Gasteiger partial charge in [0.1, 0.15) is 5.76 Å². The summed E-state index contributed by atoms with van der Waals surface area (Å²) < 4.78 is 5.71. The van der Waals surface area contributed by atoms with Gasteiger partial charge in [-0.2, -0.15) is 0 Å². The Labute approximate surface area is 96.8 Å². The molecule has 3 rings (SSSR count). The van der Waals surface area contributed by atoms with Crippen molar-refractivity contribution in [1.82, 2.24) is 0 Å². The van der Waals surface area contributed by atoms with Crippen LogP contribution in [0.5, 0.6) is 0 Å². The molecule has 0 fully saturated rings. The molecule has 2 aliphatic carbocycles. The predicted molar refractivity (Wildman–Crippen MR) is 65.3 cm³/mol. The highest BCUT2D eigenvalue weighted by Crippen LogP contribution is 2.53. The molecule has 1 aromatic heterocycles. The summed E-state index contributed by atoms with van der Waals surface area (Å²) in [5.41, 5.74) is 2.90. The van der Waals surface area contributed by atoms with Crippen LogP contribution in [-0.4, -0.2) is 0 Å². The van der Waals surface area contributed by atoms with Crippen molar-refractivity contribution in [3.8, 4) is 0 Å². The fourth-order valence-electron chi connectivity index (χ4n) is 3.39. The summed E-state index contributed by atoms with van der Waals surface area (Å²) in [6.07, 6.45) is 8.61. The molecule has 0 aliphatic heterocycles. The van der Waals surface area contributed by atoms with E-state index in [0.717, 1.165) is 6.42 Å². The number of rotatable bonds is 0. The molecule has 0 amide bonds. The van der Waals surface area contributed by atoms with Crippen molar-refractivity contribution in [2.45, 2.75) is 32.6 Å². The lowest BCUT2D eigenvalue weighted by atomic mass is 9.63. The van der Waals surface area contributed by atoms with Gasteiger partial charge in [-0.25, -0.2) is 0 Å². The van der Waals surface area contributed by atoms with Gasteiger partial charge in [-0.3, -0.25) is 0 Å². The summed E-state index contributed by atoms with van der Waals surface area (Å²) >= 11 is 0. The maximum atomic E-state index is 5.71. The third-order valence-corrected chi connectivity index (χ3v) is 4.42. The first-order valence-electron chi connectivity index (χ1n) is 6.04. The van der Waals surface area contributed by atoms with E-state index in [9.17, 15) is 0 Å². The first kappa shape index (κ1) is 9.95. The van der Waals surface area contributed by atoms with Crippen molar-refractivity contribution >= 4 is 0 Å². The molecule has 0 saturated carbocycles. The molecule has 84 valence electrons. The van der Waals surface area contributed by atoms with Crippen LogP contribution < -0.4 is 0 Å². The van der Waals surface area contributed by atoms with Crippen molar-refractivity contribution < 1.29 is 4.42 Å². The molecule has 1 aromatic rings. The minimum atomic E-state index is 0.231. The van der Waals surface area contributed by atoms with Gasteiger partial charge in [-0.15, -0.1) is 0 Å². The number of aryl methyl sites for hydroxylation is 1. The monoisotopic (exact) mass is 214 g/mol. The molecule has 0 N–H and O–H groups in total. The van der Waals surface area contributed by atoms with E-state index in [1.54, 1.807) is 0 Å². The number of allylic oxidation sites excluding steroid dienone is 3. The second kappa shape index (κ2) is 3.13. The van der Waals surface area contributed by atoms with Gasteiger partial charge in [-0.1, -0.05) is 38.2 Å².